The van der Waals surface area contributed by atoms with Crippen molar-refractivity contribution in [3.05, 3.63) is 29.8 Å². The molecule has 0 saturated carbocycles. The number of rotatable bonds is 8. The number of guanidine groups is 1. The van der Waals surface area contributed by atoms with E-state index in [0.29, 0.717) is 18.4 Å². The zero-order valence-electron chi connectivity index (χ0n) is 16.5. The van der Waals surface area contributed by atoms with E-state index in [4.69, 9.17) is 9.47 Å². The van der Waals surface area contributed by atoms with Crippen LogP contribution in [0.5, 0.6) is 5.75 Å². The van der Waals surface area contributed by atoms with E-state index in [9.17, 15) is 0 Å². The number of benzene rings is 1. The summed E-state index contributed by atoms with van der Waals surface area (Å²) in [5.74, 6) is 3.00. The summed E-state index contributed by atoms with van der Waals surface area (Å²) in [6.07, 6.45) is 1.17. The molecule has 0 spiro atoms. The molecule has 5 nitrogen and oxygen atoms in total. The summed E-state index contributed by atoms with van der Waals surface area (Å²) in [5, 5.41) is 3.42. The monoisotopic (exact) mass is 475 g/mol. The molecule has 1 N–H and O–H groups in total. The van der Waals surface area contributed by atoms with Crippen molar-refractivity contribution in [3.8, 4) is 5.75 Å². The zero-order chi connectivity index (χ0) is 18.1. The van der Waals surface area contributed by atoms with Crippen LogP contribution in [-0.2, 0) is 4.74 Å². The van der Waals surface area contributed by atoms with Crippen LogP contribution < -0.4 is 10.1 Å². The van der Waals surface area contributed by atoms with Gasteiger partial charge < -0.3 is 19.7 Å². The Morgan fingerprint density at radius 1 is 1.35 bits per heavy atom. The summed E-state index contributed by atoms with van der Waals surface area (Å²) in [5.41, 5.74) is 1.25. The molecule has 1 heterocycles. The second kappa shape index (κ2) is 12.4. The van der Waals surface area contributed by atoms with Crippen LogP contribution >= 0.6 is 24.0 Å². The first-order valence-electron chi connectivity index (χ1n) is 9.40. The molecule has 1 unspecified atom stereocenters. The van der Waals surface area contributed by atoms with Gasteiger partial charge in [-0.15, -0.1) is 24.0 Å². The fourth-order valence-electron chi connectivity index (χ4n) is 3.19. The van der Waals surface area contributed by atoms with Crippen LogP contribution in [0.1, 0.15) is 38.7 Å². The number of nitrogens with zero attached hydrogens (tertiary/aromatic N) is 2. The third-order valence-electron chi connectivity index (χ3n) is 4.54. The maximum atomic E-state index is 5.97. The first kappa shape index (κ1) is 23.0. The summed E-state index contributed by atoms with van der Waals surface area (Å²) < 4.78 is 11.5. The lowest BCUT2D eigenvalue weighted by molar-refractivity contribution is 0.114. The van der Waals surface area contributed by atoms with Gasteiger partial charge in [-0.1, -0.05) is 32.0 Å². The van der Waals surface area contributed by atoms with Crippen molar-refractivity contribution < 1.29 is 9.47 Å². The van der Waals surface area contributed by atoms with Gasteiger partial charge in [-0.25, -0.2) is 0 Å². The number of ether oxygens (including phenoxy) is 2. The minimum absolute atomic E-state index is 0. The number of halogens is 1. The molecule has 0 aliphatic carbocycles. The Bertz CT molecular complexity index is 552. The number of likely N-dealkylation sites (tertiary alicyclic amines) is 1. The standard InChI is InChI=1S/C20H33N3O2.HI/c1-5-24-15-17-10-12-23(14-17)20(21-4)22-11-13-25-19-9-7-6-8-18(19)16(2)3;/h6-9,16-17H,5,10-15H2,1-4H3,(H,21,22);1H. The van der Waals surface area contributed by atoms with Crippen LogP contribution in [0.4, 0.5) is 0 Å². The van der Waals surface area contributed by atoms with E-state index in [0.717, 1.165) is 44.6 Å². The molecule has 1 aliphatic rings. The van der Waals surface area contributed by atoms with E-state index < -0.39 is 0 Å². The predicted molar refractivity (Wildman–Crippen MR) is 119 cm³/mol. The molecule has 0 aromatic heterocycles. The highest BCUT2D eigenvalue weighted by atomic mass is 127. The SMILES string of the molecule is CCOCC1CCN(C(=NC)NCCOc2ccccc2C(C)C)C1.I. The molecule has 1 fully saturated rings. The van der Waals surface area contributed by atoms with Crippen LogP contribution in [0.25, 0.3) is 0 Å². The van der Waals surface area contributed by atoms with E-state index >= 15 is 0 Å². The number of hydrogen-bond acceptors (Lipinski definition) is 3. The van der Waals surface area contributed by atoms with Gasteiger partial charge in [0.1, 0.15) is 12.4 Å². The molecule has 1 atom stereocenters. The lowest BCUT2D eigenvalue weighted by Gasteiger charge is -2.22. The Morgan fingerprint density at radius 3 is 2.81 bits per heavy atom. The molecule has 1 aromatic carbocycles. The molecule has 1 aromatic rings. The maximum Gasteiger partial charge on any atom is 0.193 e. The molecule has 2 rings (SSSR count). The predicted octanol–water partition coefficient (Wildman–Crippen LogP) is 3.74. The molecular weight excluding hydrogens is 441 g/mol. The van der Waals surface area contributed by atoms with Crippen molar-refractivity contribution in [3.63, 3.8) is 0 Å². The highest BCUT2D eigenvalue weighted by molar-refractivity contribution is 14.0. The highest BCUT2D eigenvalue weighted by Gasteiger charge is 2.24. The molecular formula is C20H34IN3O2. The van der Waals surface area contributed by atoms with Crippen LogP contribution in [0, 0.1) is 5.92 Å². The van der Waals surface area contributed by atoms with E-state index in [1.165, 1.54) is 12.0 Å². The summed E-state index contributed by atoms with van der Waals surface area (Å²) in [6.45, 7) is 11.5. The highest BCUT2D eigenvalue weighted by Crippen LogP contribution is 2.25. The van der Waals surface area contributed by atoms with Gasteiger partial charge in [0.2, 0.25) is 0 Å². The molecule has 1 saturated heterocycles. The van der Waals surface area contributed by atoms with Crippen molar-refractivity contribution >= 4 is 29.9 Å². The number of aliphatic imine (C=N–C) groups is 1. The van der Waals surface area contributed by atoms with Crippen molar-refractivity contribution in [2.45, 2.75) is 33.1 Å². The minimum atomic E-state index is 0. The smallest absolute Gasteiger partial charge is 0.193 e. The Morgan fingerprint density at radius 2 is 2.12 bits per heavy atom. The van der Waals surface area contributed by atoms with E-state index in [1.54, 1.807) is 0 Å². The second-order valence-corrected chi connectivity index (χ2v) is 6.78. The van der Waals surface area contributed by atoms with Gasteiger partial charge in [0.05, 0.1) is 13.2 Å². The number of nitrogens with one attached hydrogen (secondary N) is 1. The fourth-order valence-corrected chi connectivity index (χ4v) is 3.19. The zero-order valence-corrected chi connectivity index (χ0v) is 18.9. The Hall–Kier alpha value is -1.02. The van der Waals surface area contributed by atoms with Gasteiger partial charge in [-0.3, -0.25) is 4.99 Å². The van der Waals surface area contributed by atoms with Crippen LogP contribution in [0.15, 0.2) is 29.3 Å². The summed E-state index contributed by atoms with van der Waals surface area (Å²) >= 11 is 0. The van der Waals surface area contributed by atoms with E-state index in [-0.39, 0.29) is 24.0 Å². The van der Waals surface area contributed by atoms with Gasteiger partial charge in [-0.05, 0) is 30.9 Å². The average molecular weight is 475 g/mol. The third kappa shape index (κ3) is 6.95. The largest absolute Gasteiger partial charge is 0.491 e. The first-order valence-corrected chi connectivity index (χ1v) is 9.40. The number of para-hydroxylation sites is 1. The van der Waals surface area contributed by atoms with Crippen molar-refractivity contribution in [2.24, 2.45) is 10.9 Å². The van der Waals surface area contributed by atoms with E-state index in [1.807, 2.05) is 26.1 Å². The van der Waals surface area contributed by atoms with Crippen LogP contribution in [0.3, 0.4) is 0 Å². The average Bonchev–Trinajstić information content (AvgIpc) is 3.09. The van der Waals surface area contributed by atoms with Gasteiger partial charge in [-0.2, -0.15) is 0 Å². The summed E-state index contributed by atoms with van der Waals surface area (Å²) in [6, 6.07) is 8.27. The first-order chi connectivity index (χ1) is 12.2. The van der Waals surface area contributed by atoms with Crippen molar-refractivity contribution in [2.75, 3.05) is 46.5 Å². The molecule has 0 bridgehead atoms. The molecule has 0 radical (unpaired) electrons. The summed E-state index contributed by atoms with van der Waals surface area (Å²) in [7, 11) is 1.84. The molecule has 148 valence electrons. The van der Waals surface area contributed by atoms with Gasteiger partial charge in [0.15, 0.2) is 5.96 Å². The Balaban J connectivity index is 0.00000338. The second-order valence-electron chi connectivity index (χ2n) is 6.78. The Labute approximate surface area is 175 Å². The van der Waals surface area contributed by atoms with Crippen molar-refractivity contribution in [1.29, 1.82) is 0 Å². The lowest BCUT2D eigenvalue weighted by atomic mass is 10.0. The molecule has 26 heavy (non-hydrogen) atoms. The molecule has 0 amide bonds. The molecule has 6 heteroatoms. The lowest BCUT2D eigenvalue weighted by Crippen LogP contribution is -2.41. The normalized spacial score (nSPS) is 17.3. The quantitative estimate of drug-likeness (QED) is 0.269. The van der Waals surface area contributed by atoms with Crippen LogP contribution in [-0.4, -0.2) is 57.4 Å². The third-order valence-corrected chi connectivity index (χ3v) is 4.54. The summed E-state index contributed by atoms with van der Waals surface area (Å²) in [4.78, 5) is 6.72. The minimum Gasteiger partial charge on any atom is -0.491 e. The van der Waals surface area contributed by atoms with Gasteiger partial charge in [0, 0.05) is 32.7 Å². The topological polar surface area (TPSA) is 46.1 Å². The maximum absolute atomic E-state index is 5.97. The Kier molecular flexibility index (Phi) is 11.0. The van der Waals surface area contributed by atoms with Gasteiger partial charge >= 0.3 is 0 Å². The van der Waals surface area contributed by atoms with Crippen LogP contribution in [0.2, 0.25) is 0 Å². The fraction of sp³-hybridized carbons (Fsp3) is 0.650. The molecule has 1 aliphatic heterocycles. The van der Waals surface area contributed by atoms with Gasteiger partial charge in [0.25, 0.3) is 0 Å². The van der Waals surface area contributed by atoms with Crippen molar-refractivity contribution in [1.82, 2.24) is 10.2 Å². The van der Waals surface area contributed by atoms with E-state index in [2.05, 4.69) is 41.2 Å². The number of hydrogen-bond donors (Lipinski definition) is 1.